The summed E-state index contributed by atoms with van der Waals surface area (Å²) < 4.78 is 5.79. The highest BCUT2D eigenvalue weighted by atomic mass is 16.5. The van der Waals surface area contributed by atoms with E-state index in [1.165, 1.54) is 32.2 Å². The lowest BCUT2D eigenvalue weighted by molar-refractivity contribution is -0.0591. The molecule has 3 heteroatoms. The fourth-order valence-electron chi connectivity index (χ4n) is 2.97. The fraction of sp³-hybridized carbons (Fsp3) is 1.00. The molecule has 18 heavy (non-hydrogen) atoms. The Bertz CT molecular complexity index is 243. The molecule has 1 aliphatic heterocycles. The number of nitrogens with one attached hydrogen (secondary N) is 1. The average molecular weight is 254 g/mol. The Morgan fingerprint density at radius 1 is 1.33 bits per heavy atom. The van der Waals surface area contributed by atoms with Gasteiger partial charge in [0, 0.05) is 25.2 Å². The predicted molar refractivity (Wildman–Crippen MR) is 75.9 cm³/mol. The summed E-state index contributed by atoms with van der Waals surface area (Å²) >= 11 is 0. The highest BCUT2D eigenvalue weighted by Gasteiger charge is 2.34. The van der Waals surface area contributed by atoms with Gasteiger partial charge < -0.3 is 10.1 Å². The van der Waals surface area contributed by atoms with Crippen molar-refractivity contribution < 1.29 is 4.74 Å². The van der Waals surface area contributed by atoms with Gasteiger partial charge in [0.15, 0.2) is 0 Å². The van der Waals surface area contributed by atoms with Gasteiger partial charge in [-0.25, -0.2) is 0 Å². The van der Waals surface area contributed by atoms with E-state index in [1.54, 1.807) is 0 Å². The second kappa shape index (κ2) is 6.88. The average Bonchev–Trinajstić information content (AvgIpc) is 3.19. The second-order valence-electron chi connectivity index (χ2n) is 6.06. The zero-order chi connectivity index (χ0) is 13.0. The first kappa shape index (κ1) is 14.3. The highest BCUT2D eigenvalue weighted by molar-refractivity contribution is 4.90. The molecule has 1 saturated heterocycles. The van der Waals surface area contributed by atoms with Crippen LogP contribution in [0.3, 0.4) is 0 Å². The third kappa shape index (κ3) is 3.94. The van der Waals surface area contributed by atoms with Crippen LogP contribution in [0.25, 0.3) is 0 Å². The van der Waals surface area contributed by atoms with Gasteiger partial charge >= 0.3 is 0 Å². The summed E-state index contributed by atoms with van der Waals surface area (Å²) in [6.45, 7) is 11.1. The van der Waals surface area contributed by atoms with Crippen molar-refractivity contribution in [2.75, 3.05) is 26.2 Å². The quantitative estimate of drug-likeness (QED) is 0.754. The van der Waals surface area contributed by atoms with Gasteiger partial charge in [-0.3, -0.25) is 4.90 Å². The first-order valence-corrected chi connectivity index (χ1v) is 7.83. The molecular weight excluding hydrogens is 224 g/mol. The minimum absolute atomic E-state index is 0.402. The third-order valence-electron chi connectivity index (χ3n) is 4.33. The Morgan fingerprint density at radius 2 is 2.11 bits per heavy atom. The van der Waals surface area contributed by atoms with Crippen molar-refractivity contribution in [2.45, 2.75) is 64.6 Å². The van der Waals surface area contributed by atoms with Crippen molar-refractivity contribution in [1.29, 1.82) is 0 Å². The Hall–Kier alpha value is -0.120. The molecule has 0 spiro atoms. The van der Waals surface area contributed by atoms with Crippen molar-refractivity contribution in [3.8, 4) is 0 Å². The van der Waals surface area contributed by atoms with Crippen LogP contribution in [0.15, 0.2) is 0 Å². The summed E-state index contributed by atoms with van der Waals surface area (Å²) in [4.78, 5) is 2.67. The van der Waals surface area contributed by atoms with Crippen LogP contribution in [0.2, 0.25) is 0 Å². The van der Waals surface area contributed by atoms with Gasteiger partial charge in [-0.15, -0.1) is 0 Å². The number of hydrogen-bond acceptors (Lipinski definition) is 3. The molecule has 106 valence electrons. The molecule has 1 aliphatic carbocycles. The number of nitrogens with zero attached hydrogens (tertiary/aromatic N) is 1. The lowest BCUT2D eigenvalue weighted by Crippen LogP contribution is -2.53. The molecule has 0 aromatic heterocycles. The van der Waals surface area contributed by atoms with Crippen LogP contribution in [-0.2, 0) is 4.74 Å². The van der Waals surface area contributed by atoms with Crippen LogP contribution in [0.5, 0.6) is 0 Å². The molecule has 1 N–H and O–H groups in total. The first-order chi connectivity index (χ1) is 8.74. The van der Waals surface area contributed by atoms with E-state index in [1.807, 2.05) is 0 Å². The highest BCUT2D eigenvalue weighted by Crippen LogP contribution is 2.33. The van der Waals surface area contributed by atoms with Crippen LogP contribution in [-0.4, -0.2) is 49.3 Å². The lowest BCUT2D eigenvalue weighted by Gasteiger charge is -2.40. The van der Waals surface area contributed by atoms with Crippen LogP contribution in [0.1, 0.15) is 46.5 Å². The summed E-state index contributed by atoms with van der Waals surface area (Å²) in [5.74, 6) is 0.937. The maximum atomic E-state index is 5.79. The van der Waals surface area contributed by atoms with E-state index in [-0.39, 0.29) is 0 Å². The van der Waals surface area contributed by atoms with Gasteiger partial charge in [-0.1, -0.05) is 13.8 Å². The molecule has 0 bridgehead atoms. The van der Waals surface area contributed by atoms with E-state index in [4.69, 9.17) is 4.74 Å². The van der Waals surface area contributed by atoms with Gasteiger partial charge in [0.05, 0.1) is 12.7 Å². The molecule has 1 saturated carbocycles. The standard InChI is InChI=1S/C15H30N2O/c1-4-8-16-15(13-6-7-13)10-17-9-12(3)18-11-14(17)5-2/h12-16H,4-11H2,1-3H3. The van der Waals surface area contributed by atoms with Crippen molar-refractivity contribution in [2.24, 2.45) is 5.92 Å². The van der Waals surface area contributed by atoms with Crippen LogP contribution in [0, 0.1) is 5.92 Å². The number of rotatable bonds is 7. The SMILES string of the molecule is CCCNC(CN1CC(C)OCC1CC)C1CC1. The number of hydrogen-bond donors (Lipinski definition) is 1. The van der Waals surface area contributed by atoms with E-state index < -0.39 is 0 Å². The molecule has 3 nitrogen and oxygen atoms in total. The van der Waals surface area contributed by atoms with E-state index in [0.29, 0.717) is 18.2 Å². The molecule has 0 aromatic carbocycles. The van der Waals surface area contributed by atoms with Gasteiger partial charge in [-0.05, 0) is 45.1 Å². The maximum absolute atomic E-state index is 5.79. The summed E-state index contributed by atoms with van der Waals surface area (Å²) in [5, 5.41) is 3.76. The van der Waals surface area contributed by atoms with Crippen molar-refractivity contribution in [3.63, 3.8) is 0 Å². The Balaban J connectivity index is 1.86. The second-order valence-corrected chi connectivity index (χ2v) is 6.06. The van der Waals surface area contributed by atoms with Gasteiger partial charge in [0.2, 0.25) is 0 Å². The van der Waals surface area contributed by atoms with Gasteiger partial charge in [0.1, 0.15) is 0 Å². The zero-order valence-corrected chi connectivity index (χ0v) is 12.3. The normalized spacial score (nSPS) is 31.5. The number of ether oxygens (including phenoxy) is 1. The van der Waals surface area contributed by atoms with E-state index in [2.05, 4.69) is 31.0 Å². The first-order valence-electron chi connectivity index (χ1n) is 7.83. The predicted octanol–water partition coefficient (Wildman–Crippen LogP) is 2.26. The maximum Gasteiger partial charge on any atom is 0.0674 e. The van der Waals surface area contributed by atoms with Crippen LogP contribution < -0.4 is 5.32 Å². The van der Waals surface area contributed by atoms with Crippen molar-refractivity contribution in [3.05, 3.63) is 0 Å². The third-order valence-corrected chi connectivity index (χ3v) is 4.33. The van der Waals surface area contributed by atoms with Crippen LogP contribution >= 0.6 is 0 Å². The van der Waals surface area contributed by atoms with Crippen LogP contribution in [0.4, 0.5) is 0 Å². The molecule has 3 atom stereocenters. The smallest absolute Gasteiger partial charge is 0.0674 e. The molecule has 2 fully saturated rings. The minimum Gasteiger partial charge on any atom is -0.376 e. The van der Waals surface area contributed by atoms with Gasteiger partial charge in [0.25, 0.3) is 0 Å². The molecule has 0 amide bonds. The van der Waals surface area contributed by atoms with E-state index in [0.717, 1.165) is 25.6 Å². The van der Waals surface area contributed by atoms with E-state index in [9.17, 15) is 0 Å². The van der Waals surface area contributed by atoms with E-state index >= 15 is 0 Å². The Kier molecular flexibility index (Phi) is 5.46. The fourth-order valence-corrected chi connectivity index (χ4v) is 2.97. The zero-order valence-electron chi connectivity index (χ0n) is 12.3. The molecular formula is C15H30N2O. The largest absolute Gasteiger partial charge is 0.376 e. The molecule has 3 unspecified atom stereocenters. The molecule has 0 radical (unpaired) electrons. The topological polar surface area (TPSA) is 24.5 Å². The molecule has 2 rings (SSSR count). The minimum atomic E-state index is 0.402. The van der Waals surface area contributed by atoms with Crippen molar-refractivity contribution in [1.82, 2.24) is 10.2 Å². The Morgan fingerprint density at radius 3 is 2.72 bits per heavy atom. The lowest BCUT2D eigenvalue weighted by atomic mass is 10.1. The summed E-state index contributed by atoms with van der Waals surface area (Å²) in [7, 11) is 0. The molecule has 1 heterocycles. The molecule has 2 aliphatic rings. The summed E-state index contributed by atoms with van der Waals surface area (Å²) in [6.07, 6.45) is 5.70. The summed E-state index contributed by atoms with van der Waals surface area (Å²) in [6, 6.07) is 1.34. The van der Waals surface area contributed by atoms with Crippen molar-refractivity contribution >= 4 is 0 Å². The molecule has 0 aromatic rings. The van der Waals surface area contributed by atoms with Gasteiger partial charge in [-0.2, -0.15) is 0 Å². The monoisotopic (exact) mass is 254 g/mol. The Labute approximate surface area is 112 Å². The summed E-state index contributed by atoms with van der Waals surface area (Å²) in [5.41, 5.74) is 0. The number of morpholine rings is 1.